The van der Waals surface area contributed by atoms with E-state index in [1.807, 2.05) is 30.0 Å². The topological polar surface area (TPSA) is 113 Å². The van der Waals surface area contributed by atoms with Crippen molar-refractivity contribution >= 4 is 56.9 Å². The number of aromatic nitrogens is 4. The fourth-order valence-corrected chi connectivity index (χ4v) is 5.17. The van der Waals surface area contributed by atoms with E-state index in [0.29, 0.717) is 40.0 Å². The van der Waals surface area contributed by atoms with Gasteiger partial charge in [-0.05, 0) is 69.5 Å². The maximum absolute atomic E-state index is 13.4. The molecule has 2 aromatic heterocycles. The predicted octanol–water partition coefficient (Wildman–Crippen LogP) is 5.33. The number of anilines is 1. The van der Waals surface area contributed by atoms with Crippen molar-refractivity contribution in [1.82, 2.24) is 24.8 Å². The number of hydrogen-bond acceptors (Lipinski definition) is 6. The first kappa shape index (κ1) is 23.8. The van der Waals surface area contributed by atoms with Crippen molar-refractivity contribution in [3.63, 3.8) is 0 Å². The number of rotatable bonds is 6. The van der Waals surface area contributed by atoms with Crippen LogP contribution < -0.4 is 11.1 Å². The van der Waals surface area contributed by atoms with Crippen LogP contribution in [0.25, 0.3) is 21.9 Å². The molecule has 10 heteroatoms. The Morgan fingerprint density at radius 1 is 1.23 bits per heavy atom. The minimum atomic E-state index is -0.176. The van der Waals surface area contributed by atoms with Gasteiger partial charge in [0, 0.05) is 23.0 Å². The largest absolute Gasteiger partial charge is 0.360 e. The molecule has 4 N–H and O–H groups in total. The number of hydrogen-bond donors (Lipinski definition) is 3. The third kappa shape index (κ3) is 4.78. The molecule has 5 rings (SSSR count). The molecule has 1 aliphatic rings. The molecule has 2 unspecified atom stereocenters. The third-order valence-electron chi connectivity index (χ3n) is 6.57. The Hall–Kier alpha value is -2.94. The molecular weight excluding hydrogens is 485 g/mol. The highest BCUT2D eigenvalue weighted by molar-refractivity contribution is 6.35. The fraction of sp³-hybridized carbons (Fsp3) is 0.360. The molecule has 1 amide bonds. The Morgan fingerprint density at radius 3 is 2.91 bits per heavy atom. The molecule has 8 nitrogen and oxygen atoms in total. The number of piperidine rings is 1. The van der Waals surface area contributed by atoms with Crippen LogP contribution in [-0.4, -0.2) is 49.9 Å². The molecule has 2 atom stereocenters. The molecule has 1 saturated heterocycles. The minimum Gasteiger partial charge on any atom is -0.360 e. The summed E-state index contributed by atoms with van der Waals surface area (Å²) < 4.78 is 0. The molecule has 0 saturated carbocycles. The first-order valence-electron chi connectivity index (χ1n) is 11.8. The lowest BCUT2D eigenvalue weighted by atomic mass is 9.98. The standard InChI is InChI=1S/C25H27Cl2N7O/c1-14(23-32-20-6-5-15(26)10-22(20)33-23)31-24-18-11-19(27)17(12-21(18)29-13-30-24)25(35)34-9-3-2-4-16(34)7-8-28/h5-6,10-14,16H,2-4,7-9,28H2,1H3,(H,32,33)(H,29,30,31). The number of nitrogens with two attached hydrogens (primary N) is 1. The number of likely N-dealkylation sites (tertiary alicyclic amines) is 1. The second kappa shape index (κ2) is 9.97. The molecule has 0 aliphatic carbocycles. The lowest BCUT2D eigenvalue weighted by Crippen LogP contribution is -2.44. The van der Waals surface area contributed by atoms with Crippen LogP contribution in [0.1, 0.15) is 54.8 Å². The zero-order valence-corrected chi connectivity index (χ0v) is 20.9. The number of carbonyl (C=O) groups is 1. The molecule has 0 radical (unpaired) electrons. The van der Waals surface area contributed by atoms with Gasteiger partial charge in [-0.25, -0.2) is 15.0 Å². The summed E-state index contributed by atoms with van der Waals surface area (Å²) in [6.45, 7) is 3.26. The van der Waals surface area contributed by atoms with Crippen LogP contribution >= 0.6 is 23.2 Å². The maximum atomic E-state index is 13.4. The molecule has 2 aromatic carbocycles. The lowest BCUT2D eigenvalue weighted by Gasteiger charge is -2.36. The van der Waals surface area contributed by atoms with Gasteiger partial charge in [-0.15, -0.1) is 0 Å². The number of nitrogens with zero attached hydrogens (tertiary/aromatic N) is 4. The quantitative estimate of drug-likeness (QED) is 0.322. The van der Waals surface area contributed by atoms with Crippen molar-refractivity contribution < 1.29 is 4.79 Å². The summed E-state index contributed by atoms with van der Waals surface area (Å²) in [5.41, 5.74) is 8.59. The summed E-state index contributed by atoms with van der Waals surface area (Å²) in [7, 11) is 0. The summed E-state index contributed by atoms with van der Waals surface area (Å²) in [4.78, 5) is 32.1. The number of amides is 1. The minimum absolute atomic E-state index is 0.0718. The number of carbonyl (C=O) groups excluding carboxylic acids is 1. The smallest absolute Gasteiger partial charge is 0.255 e. The summed E-state index contributed by atoms with van der Waals surface area (Å²) in [5, 5.41) is 5.15. The van der Waals surface area contributed by atoms with Crippen LogP contribution in [0.3, 0.4) is 0 Å². The monoisotopic (exact) mass is 511 g/mol. The maximum Gasteiger partial charge on any atom is 0.255 e. The van der Waals surface area contributed by atoms with Crippen molar-refractivity contribution in [2.24, 2.45) is 5.73 Å². The average Bonchev–Trinajstić information content (AvgIpc) is 3.28. The van der Waals surface area contributed by atoms with Crippen LogP contribution in [0, 0.1) is 0 Å². The van der Waals surface area contributed by atoms with Crippen molar-refractivity contribution in [2.45, 2.75) is 44.7 Å². The summed E-state index contributed by atoms with van der Waals surface area (Å²) in [6, 6.07) is 9.03. The highest BCUT2D eigenvalue weighted by Crippen LogP contribution is 2.31. The highest BCUT2D eigenvalue weighted by Gasteiger charge is 2.28. The van der Waals surface area contributed by atoms with E-state index in [0.717, 1.165) is 47.9 Å². The summed E-state index contributed by atoms with van der Waals surface area (Å²) >= 11 is 12.7. The highest BCUT2D eigenvalue weighted by atomic mass is 35.5. The zero-order chi connectivity index (χ0) is 24.5. The van der Waals surface area contributed by atoms with Gasteiger partial charge in [-0.3, -0.25) is 4.79 Å². The predicted molar refractivity (Wildman–Crippen MR) is 140 cm³/mol. The molecule has 3 heterocycles. The van der Waals surface area contributed by atoms with Gasteiger partial charge < -0.3 is 20.9 Å². The van der Waals surface area contributed by atoms with Gasteiger partial charge in [-0.1, -0.05) is 23.2 Å². The van der Waals surface area contributed by atoms with Crippen molar-refractivity contribution in [2.75, 3.05) is 18.4 Å². The fourth-order valence-electron chi connectivity index (χ4n) is 4.75. The Balaban J connectivity index is 1.43. The van der Waals surface area contributed by atoms with E-state index >= 15 is 0 Å². The molecule has 0 bridgehead atoms. The number of benzene rings is 2. The molecule has 0 spiro atoms. The van der Waals surface area contributed by atoms with Crippen LogP contribution in [-0.2, 0) is 0 Å². The Kier molecular flexibility index (Phi) is 6.77. The van der Waals surface area contributed by atoms with E-state index in [2.05, 4.69) is 25.3 Å². The second-order valence-corrected chi connectivity index (χ2v) is 9.79. The Morgan fingerprint density at radius 2 is 2.09 bits per heavy atom. The molecule has 4 aromatic rings. The van der Waals surface area contributed by atoms with Crippen molar-refractivity contribution in [1.29, 1.82) is 0 Å². The molecule has 35 heavy (non-hydrogen) atoms. The summed E-state index contributed by atoms with van der Waals surface area (Å²) in [5.74, 6) is 1.29. The van der Waals surface area contributed by atoms with E-state index in [1.165, 1.54) is 6.33 Å². The van der Waals surface area contributed by atoms with Gasteiger partial charge >= 0.3 is 0 Å². The van der Waals surface area contributed by atoms with E-state index < -0.39 is 0 Å². The van der Waals surface area contributed by atoms with Crippen molar-refractivity contribution in [3.05, 3.63) is 58.1 Å². The van der Waals surface area contributed by atoms with Crippen LogP contribution in [0.15, 0.2) is 36.7 Å². The van der Waals surface area contributed by atoms with Gasteiger partial charge in [0.15, 0.2) is 0 Å². The Labute approximate surface area is 213 Å². The van der Waals surface area contributed by atoms with Crippen LogP contribution in [0.4, 0.5) is 5.82 Å². The SMILES string of the molecule is CC(Nc1ncnc2cc(C(=O)N3CCCCC3CCN)c(Cl)cc12)c1nc2ccc(Cl)cc2[nH]1. The van der Waals surface area contributed by atoms with Gasteiger partial charge in [0.1, 0.15) is 18.0 Å². The first-order chi connectivity index (χ1) is 16.9. The Bertz CT molecular complexity index is 1390. The normalized spacial score (nSPS) is 17.1. The molecule has 1 aliphatic heterocycles. The first-order valence-corrected chi connectivity index (χ1v) is 12.6. The van der Waals surface area contributed by atoms with Gasteiger partial charge in [0.25, 0.3) is 5.91 Å². The van der Waals surface area contributed by atoms with Crippen LogP contribution in [0.5, 0.6) is 0 Å². The van der Waals surface area contributed by atoms with E-state index in [-0.39, 0.29) is 18.0 Å². The average molecular weight is 512 g/mol. The zero-order valence-electron chi connectivity index (χ0n) is 19.4. The number of H-pyrrole nitrogens is 1. The van der Waals surface area contributed by atoms with E-state index in [4.69, 9.17) is 28.9 Å². The number of halogens is 2. The van der Waals surface area contributed by atoms with Gasteiger partial charge in [0.2, 0.25) is 0 Å². The van der Waals surface area contributed by atoms with Gasteiger partial charge in [0.05, 0.1) is 33.2 Å². The number of fused-ring (bicyclic) bond motifs is 2. The van der Waals surface area contributed by atoms with E-state index in [9.17, 15) is 4.79 Å². The van der Waals surface area contributed by atoms with E-state index in [1.54, 1.807) is 12.1 Å². The number of aromatic amines is 1. The lowest BCUT2D eigenvalue weighted by molar-refractivity contribution is 0.0605. The van der Waals surface area contributed by atoms with Crippen LogP contribution in [0.2, 0.25) is 10.0 Å². The summed E-state index contributed by atoms with van der Waals surface area (Å²) in [6.07, 6.45) is 5.34. The third-order valence-corrected chi connectivity index (χ3v) is 7.12. The van der Waals surface area contributed by atoms with Gasteiger partial charge in [-0.2, -0.15) is 0 Å². The number of nitrogens with one attached hydrogen (secondary N) is 2. The number of imidazole rings is 1. The molecule has 182 valence electrons. The molecule has 1 fully saturated rings. The molecular formula is C25H27Cl2N7O. The van der Waals surface area contributed by atoms with Crippen molar-refractivity contribution in [3.8, 4) is 0 Å². The second-order valence-electron chi connectivity index (χ2n) is 8.95.